The molecule has 1 aromatic carbocycles. The molecule has 0 saturated heterocycles. The number of ether oxygens (including phenoxy) is 1. The van der Waals surface area contributed by atoms with Crippen LogP contribution in [0.2, 0.25) is 0 Å². The first kappa shape index (κ1) is 8.44. The highest BCUT2D eigenvalue weighted by Crippen LogP contribution is 2.31. The zero-order chi connectivity index (χ0) is 9.42. The molecule has 1 aliphatic rings. The third kappa shape index (κ3) is 1.27. The third-order valence-corrected chi connectivity index (χ3v) is 2.72. The van der Waals surface area contributed by atoms with E-state index in [2.05, 4.69) is 20.7 Å². The SMILES string of the molecule is O=C1OC(=O)C(Br)c2ccccc21. The fourth-order valence-electron chi connectivity index (χ4n) is 1.23. The number of halogens is 1. The Balaban J connectivity index is 2.60. The minimum atomic E-state index is -0.573. The third-order valence-electron chi connectivity index (χ3n) is 1.85. The molecule has 1 heterocycles. The van der Waals surface area contributed by atoms with Crippen molar-refractivity contribution in [1.82, 2.24) is 0 Å². The lowest BCUT2D eigenvalue weighted by Crippen LogP contribution is -2.24. The smallest absolute Gasteiger partial charge is 0.346 e. The lowest BCUT2D eigenvalue weighted by Gasteiger charge is -2.17. The number of benzene rings is 1. The molecule has 0 amide bonds. The maximum atomic E-state index is 11.2. The van der Waals surface area contributed by atoms with Crippen LogP contribution in [-0.4, -0.2) is 11.9 Å². The van der Waals surface area contributed by atoms with Crippen LogP contribution < -0.4 is 0 Å². The molecule has 1 unspecified atom stereocenters. The number of fused-ring (bicyclic) bond motifs is 1. The molecule has 1 aromatic rings. The van der Waals surface area contributed by atoms with Crippen molar-refractivity contribution in [3.8, 4) is 0 Å². The molecular weight excluding hydrogens is 236 g/mol. The van der Waals surface area contributed by atoms with E-state index < -0.39 is 16.8 Å². The molecule has 0 N–H and O–H groups in total. The van der Waals surface area contributed by atoms with Gasteiger partial charge in [0.2, 0.25) is 0 Å². The average Bonchev–Trinajstić information content (AvgIpc) is 2.15. The molecular formula is C9H5BrO3. The quantitative estimate of drug-likeness (QED) is 0.395. The van der Waals surface area contributed by atoms with Crippen molar-refractivity contribution >= 4 is 27.9 Å². The van der Waals surface area contributed by atoms with E-state index in [1.54, 1.807) is 24.3 Å². The summed E-state index contributed by atoms with van der Waals surface area (Å²) in [6.07, 6.45) is 0. The second-order valence-electron chi connectivity index (χ2n) is 2.66. The second-order valence-corrected chi connectivity index (χ2v) is 3.57. The maximum absolute atomic E-state index is 11.2. The molecule has 0 aromatic heterocycles. The molecule has 0 bridgehead atoms. The Hall–Kier alpha value is -1.16. The van der Waals surface area contributed by atoms with E-state index in [9.17, 15) is 9.59 Å². The molecule has 0 saturated carbocycles. The van der Waals surface area contributed by atoms with E-state index >= 15 is 0 Å². The van der Waals surface area contributed by atoms with Gasteiger partial charge in [-0.3, -0.25) is 0 Å². The van der Waals surface area contributed by atoms with Crippen molar-refractivity contribution in [2.24, 2.45) is 0 Å². The van der Waals surface area contributed by atoms with E-state index in [4.69, 9.17) is 0 Å². The minimum Gasteiger partial charge on any atom is -0.388 e. The first-order valence-electron chi connectivity index (χ1n) is 3.69. The number of rotatable bonds is 0. The Morgan fingerprint density at radius 1 is 1.23 bits per heavy atom. The topological polar surface area (TPSA) is 43.4 Å². The highest BCUT2D eigenvalue weighted by atomic mass is 79.9. The molecule has 66 valence electrons. The molecule has 4 heteroatoms. The predicted molar refractivity (Wildman–Crippen MR) is 48.5 cm³/mol. The number of esters is 2. The van der Waals surface area contributed by atoms with Crippen LogP contribution in [0, 0.1) is 0 Å². The normalized spacial score (nSPS) is 20.8. The van der Waals surface area contributed by atoms with Crippen molar-refractivity contribution in [1.29, 1.82) is 0 Å². The van der Waals surface area contributed by atoms with Crippen molar-refractivity contribution < 1.29 is 14.3 Å². The number of hydrogen-bond donors (Lipinski definition) is 0. The van der Waals surface area contributed by atoms with Gasteiger partial charge in [-0.2, -0.15) is 0 Å². The summed E-state index contributed by atoms with van der Waals surface area (Å²) in [6, 6.07) is 6.88. The summed E-state index contributed by atoms with van der Waals surface area (Å²) in [6.45, 7) is 0. The molecule has 0 aliphatic carbocycles. The Labute approximate surface area is 82.8 Å². The van der Waals surface area contributed by atoms with Crippen molar-refractivity contribution in [3.05, 3.63) is 35.4 Å². The van der Waals surface area contributed by atoms with Gasteiger partial charge in [0.05, 0.1) is 5.56 Å². The van der Waals surface area contributed by atoms with Gasteiger partial charge in [-0.15, -0.1) is 0 Å². The number of alkyl halides is 1. The lowest BCUT2D eigenvalue weighted by atomic mass is 10.0. The number of cyclic esters (lactones) is 2. The van der Waals surface area contributed by atoms with Crippen LogP contribution in [0.1, 0.15) is 20.7 Å². The van der Waals surface area contributed by atoms with Crippen LogP contribution in [-0.2, 0) is 9.53 Å². The Morgan fingerprint density at radius 3 is 2.69 bits per heavy atom. The summed E-state index contributed by atoms with van der Waals surface area (Å²) in [4.78, 5) is 21.7. The van der Waals surface area contributed by atoms with Gasteiger partial charge in [-0.1, -0.05) is 34.1 Å². The molecule has 1 aliphatic heterocycles. The lowest BCUT2D eigenvalue weighted by molar-refractivity contribution is -0.137. The zero-order valence-corrected chi connectivity index (χ0v) is 8.08. The summed E-state index contributed by atoms with van der Waals surface area (Å²) in [5.74, 6) is -1.12. The zero-order valence-electron chi connectivity index (χ0n) is 6.49. The van der Waals surface area contributed by atoms with Crippen LogP contribution in [0.5, 0.6) is 0 Å². The van der Waals surface area contributed by atoms with Gasteiger partial charge in [0.1, 0.15) is 4.83 Å². The van der Waals surface area contributed by atoms with Gasteiger partial charge >= 0.3 is 11.9 Å². The highest BCUT2D eigenvalue weighted by molar-refractivity contribution is 9.09. The van der Waals surface area contributed by atoms with E-state index in [0.29, 0.717) is 11.1 Å². The summed E-state index contributed by atoms with van der Waals surface area (Å²) < 4.78 is 4.50. The summed E-state index contributed by atoms with van der Waals surface area (Å²) in [5, 5.41) is 0. The van der Waals surface area contributed by atoms with E-state index in [0.717, 1.165) is 0 Å². The Kier molecular flexibility index (Phi) is 1.92. The Morgan fingerprint density at radius 2 is 1.92 bits per heavy atom. The Bertz CT molecular complexity index is 386. The second kappa shape index (κ2) is 2.96. The van der Waals surface area contributed by atoms with Crippen molar-refractivity contribution in [3.63, 3.8) is 0 Å². The van der Waals surface area contributed by atoms with Gasteiger partial charge in [0.15, 0.2) is 0 Å². The fraction of sp³-hybridized carbons (Fsp3) is 0.111. The van der Waals surface area contributed by atoms with E-state index in [1.165, 1.54) is 0 Å². The van der Waals surface area contributed by atoms with Crippen molar-refractivity contribution in [2.75, 3.05) is 0 Å². The molecule has 1 atom stereocenters. The molecule has 2 rings (SSSR count). The number of hydrogen-bond acceptors (Lipinski definition) is 3. The monoisotopic (exact) mass is 240 g/mol. The molecule has 0 spiro atoms. The first-order chi connectivity index (χ1) is 6.20. The highest BCUT2D eigenvalue weighted by Gasteiger charge is 2.32. The number of carbonyl (C=O) groups excluding carboxylic acids is 2. The largest absolute Gasteiger partial charge is 0.388 e. The van der Waals surface area contributed by atoms with Gasteiger partial charge < -0.3 is 4.74 Å². The van der Waals surface area contributed by atoms with Crippen LogP contribution in [0.3, 0.4) is 0 Å². The van der Waals surface area contributed by atoms with Gasteiger partial charge in [-0.05, 0) is 11.6 Å². The van der Waals surface area contributed by atoms with E-state index in [1.807, 2.05) is 0 Å². The standard InChI is InChI=1S/C9H5BrO3/c10-7-5-3-1-2-4-6(5)8(11)13-9(7)12/h1-4,7H. The van der Waals surface area contributed by atoms with Crippen molar-refractivity contribution in [2.45, 2.75) is 4.83 Å². The van der Waals surface area contributed by atoms with Crippen LogP contribution >= 0.6 is 15.9 Å². The van der Waals surface area contributed by atoms with Crippen LogP contribution in [0.25, 0.3) is 0 Å². The van der Waals surface area contributed by atoms with Gasteiger partial charge in [-0.25, -0.2) is 9.59 Å². The summed E-state index contributed by atoms with van der Waals surface area (Å²) >= 11 is 3.15. The molecule has 0 radical (unpaired) electrons. The number of carbonyl (C=O) groups is 2. The maximum Gasteiger partial charge on any atom is 0.346 e. The fourth-order valence-corrected chi connectivity index (χ4v) is 1.72. The molecule has 3 nitrogen and oxygen atoms in total. The molecule has 13 heavy (non-hydrogen) atoms. The molecule has 0 fully saturated rings. The van der Waals surface area contributed by atoms with Crippen LogP contribution in [0.4, 0.5) is 0 Å². The predicted octanol–water partition coefficient (Wildman–Crippen LogP) is 1.82. The average molecular weight is 241 g/mol. The van der Waals surface area contributed by atoms with Crippen LogP contribution in [0.15, 0.2) is 24.3 Å². The van der Waals surface area contributed by atoms with Gasteiger partial charge in [0, 0.05) is 0 Å². The minimum absolute atomic E-state index is 0.448. The summed E-state index contributed by atoms with van der Waals surface area (Å²) in [7, 11) is 0. The summed E-state index contributed by atoms with van der Waals surface area (Å²) in [5.41, 5.74) is 1.12. The van der Waals surface area contributed by atoms with Gasteiger partial charge in [0.25, 0.3) is 0 Å². The first-order valence-corrected chi connectivity index (χ1v) is 4.61. The van der Waals surface area contributed by atoms with E-state index in [-0.39, 0.29) is 0 Å².